The Morgan fingerprint density at radius 3 is 2.40 bits per heavy atom. The molecule has 30 heavy (non-hydrogen) atoms. The van der Waals surface area contributed by atoms with Gasteiger partial charge in [-0.3, -0.25) is 0 Å². The van der Waals surface area contributed by atoms with Gasteiger partial charge in [0.25, 0.3) is 5.22 Å². The van der Waals surface area contributed by atoms with Crippen molar-refractivity contribution < 1.29 is 13.9 Å². The SMILES string of the molecule is COc1cc(OC)cc(-c2nnc(SCc3c(C)nn(-c4ccccc4)c3Cl)o2)c1. The molecule has 7 nitrogen and oxygen atoms in total. The van der Waals surface area contributed by atoms with Gasteiger partial charge in [-0.05, 0) is 31.2 Å². The Labute approximate surface area is 183 Å². The van der Waals surface area contributed by atoms with Crippen molar-refractivity contribution in [2.45, 2.75) is 17.9 Å². The van der Waals surface area contributed by atoms with Gasteiger partial charge in [0, 0.05) is 22.9 Å². The summed E-state index contributed by atoms with van der Waals surface area (Å²) < 4.78 is 18.1. The van der Waals surface area contributed by atoms with Gasteiger partial charge in [-0.25, -0.2) is 4.68 Å². The molecule has 0 fully saturated rings. The first-order valence-corrected chi connectivity index (χ1v) is 10.4. The number of aryl methyl sites for hydroxylation is 1. The first-order valence-electron chi connectivity index (χ1n) is 9.08. The molecule has 9 heteroatoms. The molecule has 2 aromatic heterocycles. The third-order valence-corrected chi connectivity index (χ3v) is 5.70. The van der Waals surface area contributed by atoms with E-state index in [1.807, 2.05) is 49.4 Å². The van der Waals surface area contributed by atoms with Gasteiger partial charge in [-0.15, -0.1) is 10.2 Å². The zero-order valence-corrected chi connectivity index (χ0v) is 18.2. The number of rotatable bonds is 7. The molecule has 0 unspecified atom stereocenters. The minimum Gasteiger partial charge on any atom is -0.497 e. The molecule has 0 N–H and O–H groups in total. The van der Waals surface area contributed by atoms with Gasteiger partial charge < -0.3 is 13.9 Å². The van der Waals surface area contributed by atoms with Crippen molar-refractivity contribution in [1.82, 2.24) is 20.0 Å². The number of benzene rings is 2. The van der Waals surface area contributed by atoms with E-state index >= 15 is 0 Å². The molecule has 0 aliphatic heterocycles. The monoisotopic (exact) mass is 442 g/mol. The standard InChI is InChI=1S/C21H19ClN4O3S/c1-13-18(19(22)26(25-13)15-7-5-4-6-8-15)12-30-21-24-23-20(29-21)14-9-16(27-2)11-17(10-14)28-3/h4-11H,12H2,1-3H3. The lowest BCUT2D eigenvalue weighted by Gasteiger charge is -2.05. The third-order valence-electron chi connectivity index (χ3n) is 4.47. The van der Waals surface area contributed by atoms with Gasteiger partial charge in [-0.2, -0.15) is 5.10 Å². The normalized spacial score (nSPS) is 10.9. The molecule has 0 aliphatic rings. The molecule has 0 amide bonds. The molecule has 0 saturated heterocycles. The molecular formula is C21H19ClN4O3S. The van der Waals surface area contributed by atoms with Crippen LogP contribution in [0.4, 0.5) is 0 Å². The molecule has 2 heterocycles. The molecular weight excluding hydrogens is 424 g/mol. The molecule has 0 saturated carbocycles. The van der Waals surface area contributed by atoms with E-state index < -0.39 is 0 Å². The Balaban J connectivity index is 1.53. The summed E-state index contributed by atoms with van der Waals surface area (Å²) in [5, 5.41) is 13.9. The van der Waals surface area contributed by atoms with Crippen LogP contribution < -0.4 is 9.47 Å². The van der Waals surface area contributed by atoms with Crippen LogP contribution in [-0.2, 0) is 5.75 Å². The van der Waals surface area contributed by atoms with E-state index in [1.165, 1.54) is 11.8 Å². The Bertz CT molecular complexity index is 1140. The fraction of sp³-hybridized carbons (Fsp3) is 0.190. The summed E-state index contributed by atoms with van der Waals surface area (Å²) in [6.07, 6.45) is 0. The van der Waals surface area contributed by atoms with Gasteiger partial charge >= 0.3 is 0 Å². The van der Waals surface area contributed by atoms with Gasteiger partial charge in [0.2, 0.25) is 5.89 Å². The van der Waals surface area contributed by atoms with Crippen molar-refractivity contribution in [3.05, 3.63) is 64.9 Å². The maximum absolute atomic E-state index is 6.59. The van der Waals surface area contributed by atoms with E-state index in [4.69, 9.17) is 25.5 Å². The summed E-state index contributed by atoms with van der Waals surface area (Å²) in [5.74, 6) is 2.23. The van der Waals surface area contributed by atoms with Crippen LogP contribution in [0.15, 0.2) is 58.2 Å². The molecule has 0 aliphatic carbocycles. The van der Waals surface area contributed by atoms with Gasteiger partial charge in [0.1, 0.15) is 16.7 Å². The Kier molecular flexibility index (Phi) is 5.96. The van der Waals surface area contributed by atoms with Crippen LogP contribution in [0.1, 0.15) is 11.3 Å². The first-order chi connectivity index (χ1) is 14.6. The van der Waals surface area contributed by atoms with Crippen LogP contribution in [0.25, 0.3) is 17.1 Å². The predicted octanol–water partition coefficient (Wildman–Crippen LogP) is 5.19. The van der Waals surface area contributed by atoms with Crippen molar-refractivity contribution in [3.63, 3.8) is 0 Å². The number of halogens is 1. The highest BCUT2D eigenvalue weighted by atomic mass is 35.5. The molecule has 4 aromatic rings. The average molecular weight is 443 g/mol. The van der Waals surface area contributed by atoms with Gasteiger partial charge in [0.15, 0.2) is 0 Å². The molecule has 154 valence electrons. The summed E-state index contributed by atoms with van der Waals surface area (Å²) in [4.78, 5) is 0. The molecule has 0 spiro atoms. The Morgan fingerprint density at radius 2 is 1.73 bits per heavy atom. The summed E-state index contributed by atoms with van der Waals surface area (Å²) in [5.41, 5.74) is 3.41. The predicted molar refractivity (Wildman–Crippen MR) is 116 cm³/mol. The number of para-hydroxylation sites is 1. The smallest absolute Gasteiger partial charge is 0.277 e. The van der Waals surface area contributed by atoms with Crippen molar-refractivity contribution in [1.29, 1.82) is 0 Å². The lowest BCUT2D eigenvalue weighted by Crippen LogP contribution is -1.95. The first kappa shape index (κ1) is 20.3. The zero-order valence-electron chi connectivity index (χ0n) is 16.6. The van der Waals surface area contributed by atoms with Crippen molar-refractivity contribution >= 4 is 23.4 Å². The summed E-state index contributed by atoms with van der Waals surface area (Å²) in [6, 6.07) is 15.2. The highest BCUT2D eigenvalue weighted by Crippen LogP contribution is 2.33. The molecule has 4 rings (SSSR count). The van der Waals surface area contributed by atoms with E-state index in [2.05, 4.69) is 15.3 Å². The minimum absolute atomic E-state index is 0.387. The van der Waals surface area contributed by atoms with Gasteiger partial charge in [0.05, 0.1) is 25.6 Å². The molecule has 2 aromatic carbocycles. The van der Waals surface area contributed by atoms with Crippen molar-refractivity contribution in [2.24, 2.45) is 0 Å². The lowest BCUT2D eigenvalue weighted by atomic mass is 10.2. The average Bonchev–Trinajstić information content (AvgIpc) is 3.37. The van der Waals surface area contributed by atoms with E-state index in [0.717, 1.165) is 22.5 Å². The van der Waals surface area contributed by atoms with Crippen LogP contribution in [-0.4, -0.2) is 34.2 Å². The fourth-order valence-electron chi connectivity index (χ4n) is 2.89. The number of ether oxygens (including phenoxy) is 2. The maximum atomic E-state index is 6.59. The van der Waals surface area contributed by atoms with Crippen molar-refractivity contribution in [3.8, 4) is 28.6 Å². The highest BCUT2D eigenvalue weighted by molar-refractivity contribution is 7.98. The quantitative estimate of drug-likeness (QED) is 0.364. The number of hydrogen-bond donors (Lipinski definition) is 0. The second-order valence-corrected chi connectivity index (χ2v) is 7.65. The Morgan fingerprint density at radius 1 is 1.03 bits per heavy atom. The zero-order chi connectivity index (χ0) is 21.1. The topological polar surface area (TPSA) is 75.2 Å². The van der Waals surface area contributed by atoms with Crippen LogP contribution in [0, 0.1) is 6.92 Å². The number of methoxy groups -OCH3 is 2. The van der Waals surface area contributed by atoms with Gasteiger partial charge in [-0.1, -0.05) is 41.6 Å². The number of hydrogen-bond acceptors (Lipinski definition) is 7. The van der Waals surface area contributed by atoms with E-state index in [9.17, 15) is 0 Å². The molecule has 0 atom stereocenters. The third kappa shape index (κ3) is 4.15. The van der Waals surface area contributed by atoms with Crippen LogP contribution in [0.5, 0.6) is 11.5 Å². The highest BCUT2D eigenvalue weighted by Gasteiger charge is 2.17. The number of thioether (sulfide) groups is 1. The molecule has 0 radical (unpaired) electrons. The van der Waals surface area contributed by atoms with Crippen LogP contribution in [0.3, 0.4) is 0 Å². The van der Waals surface area contributed by atoms with E-state index in [1.54, 1.807) is 25.0 Å². The molecule has 0 bridgehead atoms. The summed E-state index contributed by atoms with van der Waals surface area (Å²) >= 11 is 8.00. The fourth-order valence-corrected chi connectivity index (χ4v) is 4.15. The number of aromatic nitrogens is 4. The van der Waals surface area contributed by atoms with Crippen LogP contribution >= 0.6 is 23.4 Å². The second kappa shape index (κ2) is 8.81. The van der Waals surface area contributed by atoms with Crippen LogP contribution in [0.2, 0.25) is 5.15 Å². The summed E-state index contributed by atoms with van der Waals surface area (Å²) in [7, 11) is 3.19. The van der Waals surface area contributed by atoms with E-state index in [-0.39, 0.29) is 0 Å². The Hall–Kier alpha value is -2.97. The number of nitrogens with zero attached hydrogens (tertiary/aromatic N) is 4. The minimum atomic E-state index is 0.387. The summed E-state index contributed by atoms with van der Waals surface area (Å²) in [6.45, 7) is 1.93. The largest absolute Gasteiger partial charge is 0.497 e. The van der Waals surface area contributed by atoms with Crippen molar-refractivity contribution in [2.75, 3.05) is 14.2 Å². The lowest BCUT2D eigenvalue weighted by molar-refractivity contribution is 0.394. The maximum Gasteiger partial charge on any atom is 0.277 e. The second-order valence-electron chi connectivity index (χ2n) is 6.37. The van der Waals surface area contributed by atoms with E-state index in [0.29, 0.717) is 33.5 Å².